The van der Waals surface area contributed by atoms with Gasteiger partial charge in [0, 0.05) is 6.61 Å². The molecule has 2 rings (SSSR count). The SMILES string of the molecule is CCCCCCCOCC(N)c1ccc2ccccc2c1. The molecular weight excluding hydrogens is 258 g/mol. The predicted molar refractivity (Wildman–Crippen MR) is 90.5 cm³/mol. The molecule has 0 fully saturated rings. The minimum absolute atomic E-state index is 0.0368. The average Bonchev–Trinajstić information content (AvgIpc) is 2.53. The van der Waals surface area contributed by atoms with Crippen LogP contribution in [0.25, 0.3) is 10.8 Å². The highest BCUT2D eigenvalue weighted by Gasteiger charge is 2.06. The van der Waals surface area contributed by atoms with E-state index in [1.165, 1.54) is 36.5 Å². The third kappa shape index (κ3) is 5.14. The maximum atomic E-state index is 6.22. The van der Waals surface area contributed by atoms with Gasteiger partial charge in [-0.15, -0.1) is 0 Å². The van der Waals surface area contributed by atoms with Gasteiger partial charge in [-0.1, -0.05) is 69.0 Å². The van der Waals surface area contributed by atoms with Crippen molar-refractivity contribution in [1.29, 1.82) is 0 Å². The van der Waals surface area contributed by atoms with Gasteiger partial charge in [-0.05, 0) is 28.8 Å². The summed E-state index contributed by atoms with van der Waals surface area (Å²) in [6.45, 7) is 3.66. The number of nitrogens with two attached hydrogens (primary N) is 1. The van der Waals surface area contributed by atoms with Crippen LogP contribution in [0.4, 0.5) is 0 Å². The Bertz CT molecular complexity index is 538. The monoisotopic (exact) mass is 285 g/mol. The van der Waals surface area contributed by atoms with E-state index in [2.05, 4.69) is 49.4 Å². The smallest absolute Gasteiger partial charge is 0.0659 e. The second kappa shape index (κ2) is 8.81. The summed E-state index contributed by atoms with van der Waals surface area (Å²) >= 11 is 0. The molecule has 0 aliphatic heterocycles. The lowest BCUT2D eigenvalue weighted by atomic mass is 10.0. The van der Waals surface area contributed by atoms with Crippen LogP contribution in [0, 0.1) is 0 Å². The third-order valence-electron chi connectivity index (χ3n) is 3.89. The second-order valence-corrected chi connectivity index (χ2v) is 5.70. The van der Waals surface area contributed by atoms with Gasteiger partial charge in [0.2, 0.25) is 0 Å². The van der Waals surface area contributed by atoms with Crippen LogP contribution in [0.1, 0.15) is 50.6 Å². The van der Waals surface area contributed by atoms with Crippen molar-refractivity contribution in [2.45, 2.75) is 45.1 Å². The van der Waals surface area contributed by atoms with Crippen molar-refractivity contribution in [1.82, 2.24) is 0 Å². The summed E-state index contributed by atoms with van der Waals surface area (Å²) in [5.74, 6) is 0. The van der Waals surface area contributed by atoms with Crippen LogP contribution >= 0.6 is 0 Å². The first-order chi connectivity index (χ1) is 10.3. The standard InChI is InChI=1S/C19H27NO/c1-2-3-4-5-8-13-21-15-19(20)18-12-11-16-9-6-7-10-17(16)14-18/h6-7,9-12,14,19H,2-5,8,13,15,20H2,1H3. The van der Waals surface area contributed by atoms with E-state index in [1.54, 1.807) is 0 Å². The Morgan fingerprint density at radius 2 is 1.71 bits per heavy atom. The molecule has 2 heteroatoms. The molecule has 0 spiro atoms. The number of benzene rings is 2. The molecule has 0 aliphatic rings. The molecule has 0 heterocycles. The summed E-state index contributed by atoms with van der Waals surface area (Å²) in [5.41, 5.74) is 7.38. The number of ether oxygens (including phenoxy) is 1. The van der Waals surface area contributed by atoms with Gasteiger partial charge in [0.1, 0.15) is 0 Å². The lowest BCUT2D eigenvalue weighted by Crippen LogP contribution is -2.17. The van der Waals surface area contributed by atoms with Crippen LogP contribution < -0.4 is 5.73 Å². The van der Waals surface area contributed by atoms with Crippen molar-refractivity contribution in [3.63, 3.8) is 0 Å². The molecule has 0 amide bonds. The van der Waals surface area contributed by atoms with Gasteiger partial charge in [0.15, 0.2) is 0 Å². The maximum Gasteiger partial charge on any atom is 0.0659 e. The summed E-state index contributed by atoms with van der Waals surface area (Å²) in [6, 6.07) is 14.7. The van der Waals surface area contributed by atoms with Gasteiger partial charge in [-0.3, -0.25) is 0 Å². The quantitative estimate of drug-likeness (QED) is 0.670. The van der Waals surface area contributed by atoms with Gasteiger partial charge in [0.25, 0.3) is 0 Å². The number of hydrogen-bond acceptors (Lipinski definition) is 2. The Hall–Kier alpha value is -1.38. The Kier molecular flexibility index (Phi) is 6.71. The van der Waals surface area contributed by atoms with Crippen molar-refractivity contribution in [3.8, 4) is 0 Å². The summed E-state index contributed by atoms with van der Waals surface area (Å²) in [7, 11) is 0. The molecule has 1 unspecified atom stereocenters. The van der Waals surface area contributed by atoms with E-state index in [0.717, 1.165) is 18.6 Å². The van der Waals surface area contributed by atoms with E-state index >= 15 is 0 Å². The predicted octanol–water partition coefficient (Wildman–Crippen LogP) is 4.83. The molecular formula is C19H27NO. The van der Waals surface area contributed by atoms with Crippen LogP contribution in [0.2, 0.25) is 0 Å². The van der Waals surface area contributed by atoms with Crippen molar-refractivity contribution in [3.05, 3.63) is 48.0 Å². The van der Waals surface area contributed by atoms with Crippen molar-refractivity contribution >= 4 is 10.8 Å². The summed E-state index contributed by atoms with van der Waals surface area (Å²) in [5, 5.41) is 2.50. The second-order valence-electron chi connectivity index (χ2n) is 5.70. The number of fused-ring (bicyclic) bond motifs is 1. The first-order valence-corrected chi connectivity index (χ1v) is 8.13. The zero-order chi connectivity index (χ0) is 14.9. The first-order valence-electron chi connectivity index (χ1n) is 8.13. The molecule has 0 bridgehead atoms. The van der Waals surface area contributed by atoms with Crippen LogP contribution in [0.15, 0.2) is 42.5 Å². The molecule has 114 valence electrons. The Morgan fingerprint density at radius 1 is 0.952 bits per heavy atom. The summed E-state index contributed by atoms with van der Waals surface area (Å²) < 4.78 is 5.72. The van der Waals surface area contributed by atoms with E-state index < -0.39 is 0 Å². The zero-order valence-corrected chi connectivity index (χ0v) is 13.1. The molecule has 0 radical (unpaired) electrons. The fourth-order valence-corrected chi connectivity index (χ4v) is 2.55. The Balaban J connectivity index is 1.75. The Morgan fingerprint density at radius 3 is 2.52 bits per heavy atom. The fourth-order valence-electron chi connectivity index (χ4n) is 2.55. The minimum Gasteiger partial charge on any atom is -0.379 e. The molecule has 0 saturated carbocycles. The van der Waals surface area contributed by atoms with E-state index in [1.807, 2.05) is 0 Å². The molecule has 2 aromatic carbocycles. The Labute approximate surface area is 128 Å². The highest BCUT2D eigenvalue weighted by molar-refractivity contribution is 5.83. The fraction of sp³-hybridized carbons (Fsp3) is 0.474. The van der Waals surface area contributed by atoms with Gasteiger partial charge in [-0.25, -0.2) is 0 Å². The first kappa shape index (κ1) is 16.0. The minimum atomic E-state index is -0.0368. The largest absolute Gasteiger partial charge is 0.379 e. The summed E-state index contributed by atoms with van der Waals surface area (Å²) in [6.07, 6.45) is 6.34. The number of unbranched alkanes of at least 4 members (excludes halogenated alkanes) is 4. The summed E-state index contributed by atoms with van der Waals surface area (Å²) in [4.78, 5) is 0. The van der Waals surface area contributed by atoms with Crippen LogP contribution in [0.3, 0.4) is 0 Å². The van der Waals surface area contributed by atoms with Crippen LogP contribution in [0.5, 0.6) is 0 Å². The molecule has 1 atom stereocenters. The van der Waals surface area contributed by atoms with Gasteiger partial charge < -0.3 is 10.5 Å². The zero-order valence-electron chi connectivity index (χ0n) is 13.1. The average molecular weight is 285 g/mol. The van der Waals surface area contributed by atoms with Crippen LogP contribution in [-0.2, 0) is 4.74 Å². The van der Waals surface area contributed by atoms with Crippen molar-refractivity contribution in [2.75, 3.05) is 13.2 Å². The molecule has 2 aromatic rings. The van der Waals surface area contributed by atoms with Gasteiger partial charge in [-0.2, -0.15) is 0 Å². The molecule has 2 N–H and O–H groups in total. The van der Waals surface area contributed by atoms with Crippen molar-refractivity contribution in [2.24, 2.45) is 5.73 Å². The van der Waals surface area contributed by atoms with Gasteiger partial charge >= 0.3 is 0 Å². The molecule has 2 nitrogen and oxygen atoms in total. The maximum absolute atomic E-state index is 6.22. The molecule has 0 saturated heterocycles. The van der Waals surface area contributed by atoms with E-state index in [4.69, 9.17) is 10.5 Å². The highest BCUT2D eigenvalue weighted by Crippen LogP contribution is 2.19. The lowest BCUT2D eigenvalue weighted by Gasteiger charge is -2.13. The van der Waals surface area contributed by atoms with E-state index in [9.17, 15) is 0 Å². The topological polar surface area (TPSA) is 35.2 Å². The lowest BCUT2D eigenvalue weighted by molar-refractivity contribution is 0.117. The third-order valence-corrected chi connectivity index (χ3v) is 3.89. The molecule has 0 aliphatic carbocycles. The van der Waals surface area contributed by atoms with Crippen molar-refractivity contribution < 1.29 is 4.74 Å². The molecule has 21 heavy (non-hydrogen) atoms. The van der Waals surface area contributed by atoms with Gasteiger partial charge in [0.05, 0.1) is 12.6 Å². The van der Waals surface area contributed by atoms with E-state index in [-0.39, 0.29) is 6.04 Å². The number of hydrogen-bond donors (Lipinski definition) is 1. The highest BCUT2D eigenvalue weighted by atomic mass is 16.5. The van der Waals surface area contributed by atoms with Crippen LogP contribution in [-0.4, -0.2) is 13.2 Å². The van der Waals surface area contributed by atoms with E-state index in [0.29, 0.717) is 6.61 Å². The normalized spacial score (nSPS) is 12.7. The molecule has 0 aromatic heterocycles. The number of rotatable bonds is 9.